The van der Waals surface area contributed by atoms with E-state index in [-0.39, 0.29) is 17.9 Å². The zero-order chi connectivity index (χ0) is 18.1. The van der Waals surface area contributed by atoms with Gasteiger partial charge in [-0.1, -0.05) is 6.07 Å². The predicted molar refractivity (Wildman–Crippen MR) is 96.9 cm³/mol. The molecule has 7 nitrogen and oxygen atoms in total. The summed E-state index contributed by atoms with van der Waals surface area (Å²) in [4.78, 5) is 16.9. The standard InChI is InChI=1S/C19H21N5O2/c1-13-17(11-21-23(13)2)18-16(6-9-26-18)19(25)22-14-4-3-5-15(10-14)24-8-7-20-12-24/h3-5,7-8,10-12,16,18H,6,9H2,1-2H3,(H,22,25)/t16-,18-/m0/s1. The number of amides is 1. The van der Waals surface area contributed by atoms with Crippen LogP contribution in [0.4, 0.5) is 5.69 Å². The van der Waals surface area contributed by atoms with E-state index in [4.69, 9.17) is 4.74 Å². The van der Waals surface area contributed by atoms with E-state index in [1.165, 1.54) is 0 Å². The van der Waals surface area contributed by atoms with Crippen molar-refractivity contribution in [3.05, 3.63) is 60.4 Å². The molecule has 7 heteroatoms. The smallest absolute Gasteiger partial charge is 0.230 e. The van der Waals surface area contributed by atoms with Crippen LogP contribution in [0.5, 0.6) is 0 Å². The minimum absolute atomic E-state index is 0.0291. The Kier molecular flexibility index (Phi) is 4.30. The second-order valence-electron chi connectivity index (χ2n) is 6.51. The van der Waals surface area contributed by atoms with Gasteiger partial charge in [-0.15, -0.1) is 0 Å². The maximum atomic E-state index is 12.9. The molecule has 3 aromatic rings. The minimum Gasteiger partial charge on any atom is -0.373 e. The van der Waals surface area contributed by atoms with Gasteiger partial charge in [0.1, 0.15) is 0 Å². The lowest BCUT2D eigenvalue weighted by Gasteiger charge is -2.18. The van der Waals surface area contributed by atoms with Crippen LogP contribution in [0, 0.1) is 12.8 Å². The molecule has 1 aromatic carbocycles. The quantitative estimate of drug-likeness (QED) is 0.784. The number of nitrogens with one attached hydrogen (secondary N) is 1. The molecular formula is C19H21N5O2. The monoisotopic (exact) mass is 351 g/mol. The summed E-state index contributed by atoms with van der Waals surface area (Å²) in [6.07, 6.45) is 7.57. The van der Waals surface area contributed by atoms with E-state index in [1.807, 2.05) is 49.0 Å². The van der Waals surface area contributed by atoms with Gasteiger partial charge in [-0.2, -0.15) is 5.10 Å². The second-order valence-corrected chi connectivity index (χ2v) is 6.51. The summed E-state index contributed by atoms with van der Waals surface area (Å²) >= 11 is 0. The van der Waals surface area contributed by atoms with Crippen molar-refractivity contribution in [3.8, 4) is 5.69 Å². The summed E-state index contributed by atoms with van der Waals surface area (Å²) in [5.41, 5.74) is 3.71. The Morgan fingerprint density at radius 3 is 3.00 bits per heavy atom. The molecule has 0 saturated carbocycles. The van der Waals surface area contributed by atoms with Crippen molar-refractivity contribution in [1.82, 2.24) is 19.3 Å². The molecule has 0 unspecified atom stereocenters. The van der Waals surface area contributed by atoms with Crippen LogP contribution in [0.25, 0.3) is 5.69 Å². The van der Waals surface area contributed by atoms with Gasteiger partial charge < -0.3 is 14.6 Å². The number of aryl methyl sites for hydroxylation is 1. The SMILES string of the molecule is Cc1c([C@H]2OCC[C@@H]2C(=O)Nc2cccc(-n3ccnc3)c2)cnn1C. The van der Waals surface area contributed by atoms with E-state index in [0.29, 0.717) is 13.0 Å². The lowest BCUT2D eigenvalue weighted by molar-refractivity contribution is -0.121. The average molecular weight is 351 g/mol. The third kappa shape index (κ3) is 3.01. The van der Waals surface area contributed by atoms with Gasteiger partial charge >= 0.3 is 0 Å². The van der Waals surface area contributed by atoms with Gasteiger partial charge in [0.05, 0.1) is 24.5 Å². The van der Waals surface area contributed by atoms with Crippen LogP contribution in [-0.4, -0.2) is 31.8 Å². The van der Waals surface area contributed by atoms with Crippen molar-refractivity contribution < 1.29 is 9.53 Å². The van der Waals surface area contributed by atoms with Crippen LogP contribution in [0.3, 0.4) is 0 Å². The van der Waals surface area contributed by atoms with Crippen molar-refractivity contribution in [3.63, 3.8) is 0 Å². The zero-order valence-electron chi connectivity index (χ0n) is 14.8. The summed E-state index contributed by atoms with van der Waals surface area (Å²) in [5, 5.41) is 7.31. The molecule has 1 N–H and O–H groups in total. The molecule has 1 fully saturated rings. The van der Waals surface area contributed by atoms with Gasteiger partial charge in [0.15, 0.2) is 0 Å². The lowest BCUT2D eigenvalue weighted by Crippen LogP contribution is -2.25. The first kappa shape index (κ1) is 16.5. The van der Waals surface area contributed by atoms with E-state index < -0.39 is 0 Å². The Morgan fingerprint density at radius 1 is 1.38 bits per heavy atom. The Hall–Kier alpha value is -2.93. The first-order valence-corrected chi connectivity index (χ1v) is 8.63. The third-order valence-corrected chi connectivity index (χ3v) is 4.92. The number of rotatable bonds is 4. The largest absolute Gasteiger partial charge is 0.373 e. The Bertz CT molecular complexity index is 916. The average Bonchev–Trinajstić information content (AvgIpc) is 3.38. The number of imidazole rings is 1. The highest BCUT2D eigenvalue weighted by atomic mass is 16.5. The highest BCUT2D eigenvalue weighted by molar-refractivity contribution is 5.93. The molecule has 1 amide bonds. The van der Waals surface area contributed by atoms with Crippen molar-refractivity contribution in [2.24, 2.45) is 13.0 Å². The first-order chi connectivity index (χ1) is 12.6. The number of carbonyl (C=O) groups excluding carboxylic acids is 1. The maximum Gasteiger partial charge on any atom is 0.230 e. The fourth-order valence-electron chi connectivity index (χ4n) is 3.35. The van der Waals surface area contributed by atoms with Gasteiger partial charge in [-0.25, -0.2) is 4.98 Å². The van der Waals surface area contributed by atoms with Crippen LogP contribution < -0.4 is 5.32 Å². The number of aromatic nitrogens is 4. The van der Waals surface area contributed by atoms with Crippen molar-refractivity contribution in [1.29, 1.82) is 0 Å². The van der Waals surface area contributed by atoms with E-state index in [0.717, 1.165) is 22.6 Å². The number of hydrogen-bond acceptors (Lipinski definition) is 4. The summed E-state index contributed by atoms with van der Waals surface area (Å²) in [6.45, 7) is 2.57. The molecule has 2 atom stereocenters. The van der Waals surface area contributed by atoms with E-state index in [1.54, 1.807) is 23.4 Å². The molecule has 3 heterocycles. The summed E-state index contributed by atoms with van der Waals surface area (Å²) in [5.74, 6) is -0.256. The Balaban J connectivity index is 1.53. The number of benzene rings is 1. The van der Waals surface area contributed by atoms with Gasteiger partial charge in [0, 0.05) is 48.7 Å². The summed E-state index contributed by atoms with van der Waals surface area (Å²) < 4.78 is 9.57. The third-order valence-electron chi connectivity index (χ3n) is 4.92. The normalized spacial score (nSPS) is 19.6. The van der Waals surface area contributed by atoms with Crippen LogP contribution in [0.2, 0.25) is 0 Å². The van der Waals surface area contributed by atoms with E-state index >= 15 is 0 Å². The number of ether oxygens (including phenoxy) is 1. The van der Waals surface area contributed by atoms with Crippen molar-refractivity contribution >= 4 is 11.6 Å². The van der Waals surface area contributed by atoms with Crippen LogP contribution in [-0.2, 0) is 16.6 Å². The Labute approximate surface area is 151 Å². The highest BCUT2D eigenvalue weighted by Gasteiger charge is 2.37. The first-order valence-electron chi connectivity index (χ1n) is 8.63. The molecule has 134 valence electrons. The number of hydrogen-bond donors (Lipinski definition) is 1. The lowest BCUT2D eigenvalue weighted by atomic mass is 9.95. The fraction of sp³-hybridized carbons (Fsp3) is 0.316. The van der Waals surface area contributed by atoms with Crippen molar-refractivity contribution in [2.75, 3.05) is 11.9 Å². The number of anilines is 1. The molecule has 0 aliphatic carbocycles. The molecule has 2 aromatic heterocycles. The molecule has 1 saturated heterocycles. The second kappa shape index (κ2) is 6.76. The molecule has 1 aliphatic rings. The van der Waals surface area contributed by atoms with E-state index in [2.05, 4.69) is 15.4 Å². The van der Waals surface area contributed by atoms with Crippen LogP contribution >= 0.6 is 0 Å². The van der Waals surface area contributed by atoms with Crippen LogP contribution in [0.15, 0.2) is 49.2 Å². The van der Waals surface area contributed by atoms with Crippen molar-refractivity contribution in [2.45, 2.75) is 19.4 Å². The van der Waals surface area contributed by atoms with Gasteiger partial charge in [0.2, 0.25) is 5.91 Å². The zero-order valence-corrected chi connectivity index (χ0v) is 14.8. The fourth-order valence-corrected chi connectivity index (χ4v) is 3.35. The van der Waals surface area contributed by atoms with E-state index in [9.17, 15) is 4.79 Å². The molecule has 0 bridgehead atoms. The highest BCUT2D eigenvalue weighted by Crippen LogP contribution is 2.36. The topological polar surface area (TPSA) is 74.0 Å². The molecule has 4 rings (SSSR count). The Morgan fingerprint density at radius 2 is 2.27 bits per heavy atom. The molecule has 1 aliphatic heterocycles. The maximum absolute atomic E-state index is 12.9. The molecule has 0 radical (unpaired) electrons. The summed E-state index contributed by atoms with van der Waals surface area (Å²) in [7, 11) is 1.89. The van der Waals surface area contributed by atoms with Gasteiger partial charge in [0.25, 0.3) is 0 Å². The predicted octanol–water partition coefficient (Wildman–Crippen LogP) is 2.63. The van der Waals surface area contributed by atoms with Gasteiger partial charge in [-0.3, -0.25) is 9.48 Å². The molecular weight excluding hydrogens is 330 g/mol. The van der Waals surface area contributed by atoms with Crippen LogP contribution in [0.1, 0.15) is 23.8 Å². The molecule has 0 spiro atoms. The number of nitrogens with zero attached hydrogens (tertiary/aromatic N) is 4. The number of carbonyl (C=O) groups is 1. The molecule has 26 heavy (non-hydrogen) atoms. The van der Waals surface area contributed by atoms with Gasteiger partial charge in [-0.05, 0) is 31.5 Å². The summed E-state index contributed by atoms with van der Waals surface area (Å²) in [6, 6.07) is 7.70. The minimum atomic E-state index is -0.250.